The number of carbonyl (C=O) groups is 3. The van der Waals surface area contributed by atoms with Crippen LogP contribution in [0.5, 0.6) is 0 Å². The summed E-state index contributed by atoms with van der Waals surface area (Å²) in [5.41, 5.74) is 0.899. The van der Waals surface area contributed by atoms with Gasteiger partial charge in [0.1, 0.15) is 12.2 Å². The summed E-state index contributed by atoms with van der Waals surface area (Å²) in [6, 6.07) is 10.1. The normalized spacial score (nSPS) is 13.2. The van der Waals surface area contributed by atoms with Crippen molar-refractivity contribution < 1.29 is 14.4 Å². The van der Waals surface area contributed by atoms with Gasteiger partial charge >= 0.3 is 0 Å². The highest BCUT2D eigenvalue weighted by Crippen LogP contribution is 2.20. The molecule has 0 saturated carbocycles. The second kappa shape index (κ2) is 5.69. The lowest BCUT2D eigenvalue weighted by atomic mass is 10.2. The van der Waals surface area contributed by atoms with Gasteiger partial charge in [-0.25, -0.2) is 0 Å². The second-order valence-electron chi connectivity index (χ2n) is 4.65. The van der Waals surface area contributed by atoms with Gasteiger partial charge in [0.25, 0.3) is 11.8 Å². The molecule has 1 aromatic heterocycles. The predicted octanol–water partition coefficient (Wildman–Crippen LogP) is 2.08. The van der Waals surface area contributed by atoms with Gasteiger partial charge in [-0.05, 0) is 36.4 Å². The van der Waals surface area contributed by atoms with Gasteiger partial charge in [0.15, 0.2) is 0 Å². The minimum atomic E-state index is -0.549. The van der Waals surface area contributed by atoms with E-state index in [9.17, 15) is 14.4 Å². The van der Waals surface area contributed by atoms with E-state index >= 15 is 0 Å². The van der Waals surface area contributed by atoms with E-state index in [1.54, 1.807) is 30.3 Å². The number of aromatic nitrogens is 1. The SMILES string of the molecule is O=C(CN1C(=O)c2cccnc2C1=O)Nc1ccc(Br)cc1. The quantitative estimate of drug-likeness (QED) is 0.850. The minimum absolute atomic E-state index is 0.0870. The fourth-order valence-corrected chi connectivity index (χ4v) is 2.40. The Kier molecular flexibility index (Phi) is 3.72. The zero-order valence-corrected chi connectivity index (χ0v) is 12.8. The van der Waals surface area contributed by atoms with Crippen molar-refractivity contribution in [2.45, 2.75) is 0 Å². The third kappa shape index (κ3) is 2.62. The summed E-state index contributed by atoms with van der Waals surface area (Å²) in [6.07, 6.45) is 1.44. The number of hydrogen-bond acceptors (Lipinski definition) is 4. The second-order valence-corrected chi connectivity index (χ2v) is 5.57. The average molecular weight is 360 g/mol. The Hall–Kier alpha value is -2.54. The Bertz CT molecular complexity index is 739. The maximum absolute atomic E-state index is 12.1. The van der Waals surface area contributed by atoms with Gasteiger partial charge in [0.05, 0.1) is 5.56 Å². The van der Waals surface area contributed by atoms with Gasteiger partial charge in [0, 0.05) is 16.4 Å². The monoisotopic (exact) mass is 359 g/mol. The van der Waals surface area contributed by atoms with Crippen LogP contribution in [0, 0.1) is 0 Å². The molecule has 1 aliphatic heterocycles. The molecule has 3 amide bonds. The van der Waals surface area contributed by atoms with Crippen LogP contribution in [0.25, 0.3) is 0 Å². The summed E-state index contributed by atoms with van der Waals surface area (Å²) in [5, 5.41) is 2.64. The summed E-state index contributed by atoms with van der Waals surface area (Å²) in [4.78, 5) is 41.0. The number of pyridine rings is 1. The van der Waals surface area contributed by atoms with Crippen LogP contribution in [0.4, 0.5) is 5.69 Å². The van der Waals surface area contributed by atoms with E-state index in [0.717, 1.165) is 9.37 Å². The number of anilines is 1. The third-order valence-corrected chi connectivity index (χ3v) is 3.69. The number of carbonyl (C=O) groups excluding carboxylic acids is 3. The smallest absolute Gasteiger partial charge is 0.280 e. The number of imide groups is 1. The lowest BCUT2D eigenvalue weighted by Crippen LogP contribution is -2.37. The first kappa shape index (κ1) is 14.4. The molecule has 1 aliphatic rings. The lowest BCUT2D eigenvalue weighted by molar-refractivity contribution is -0.116. The van der Waals surface area contributed by atoms with Crippen molar-refractivity contribution >= 4 is 39.3 Å². The fourth-order valence-electron chi connectivity index (χ4n) is 2.13. The molecule has 110 valence electrons. The van der Waals surface area contributed by atoms with Crippen LogP contribution in [0.3, 0.4) is 0 Å². The molecule has 0 fully saturated rings. The highest BCUT2D eigenvalue weighted by molar-refractivity contribution is 9.10. The molecule has 22 heavy (non-hydrogen) atoms. The van der Waals surface area contributed by atoms with Crippen molar-refractivity contribution in [1.29, 1.82) is 0 Å². The molecule has 0 bridgehead atoms. The Morgan fingerprint density at radius 2 is 1.86 bits per heavy atom. The number of halogens is 1. The Balaban J connectivity index is 1.71. The fraction of sp³-hybridized carbons (Fsp3) is 0.0667. The molecule has 7 heteroatoms. The first-order valence-electron chi connectivity index (χ1n) is 6.43. The summed E-state index contributed by atoms with van der Waals surface area (Å²) in [6.45, 7) is -0.343. The van der Waals surface area contributed by atoms with Crippen molar-refractivity contribution in [1.82, 2.24) is 9.88 Å². The number of nitrogens with one attached hydrogen (secondary N) is 1. The van der Waals surface area contributed by atoms with E-state index in [-0.39, 0.29) is 17.8 Å². The largest absolute Gasteiger partial charge is 0.325 e. The molecular formula is C15H10BrN3O3. The highest BCUT2D eigenvalue weighted by atomic mass is 79.9. The molecule has 2 heterocycles. The van der Waals surface area contributed by atoms with Crippen molar-refractivity contribution in [2.24, 2.45) is 0 Å². The van der Waals surface area contributed by atoms with Crippen molar-refractivity contribution in [2.75, 3.05) is 11.9 Å². The Morgan fingerprint density at radius 1 is 1.14 bits per heavy atom. The van der Waals surface area contributed by atoms with Crippen molar-refractivity contribution in [3.05, 3.63) is 58.3 Å². The van der Waals surface area contributed by atoms with Crippen LogP contribution in [0.15, 0.2) is 47.1 Å². The highest BCUT2D eigenvalue weighted by Gasteiger charge is 2.37. The van der Waals surface area contributed by atoms with Crippen molar-refractivity contribution in [3.8, 4) is 0 Å². The Morgan fingerprint density at radius 3 is 2.55 bits per heavy atom. The van der Waals surface area contributed by atoms with E-state index < -0.39 is 17.7 Å². The summed E-state index contributed by atoms with van der Waals surface area (Å²) in [7, 11) is 0. The summed E-state index contributed by atoms with van der Waals surface area (Å²) >= 11 is 3.30. The number of nitrogens with zero attached hydrogens (tertiary/aromatic N) is 2. The maximum Gasteiger partial charge on any atom is 0.280 e. The standard InChI is InChI=1S/C15H10BrN3O3/c16-9-3-5-10(6-4-9)18-12(20)8-19-14(21)11-2-1-7-17-13(11)15(19)22/h1-7H,8H2,(H,18,20). The first-order chi connectivity index (χ1) is 10.6. The van der Waals surface area contributed by atoms with Gasteiger partial charge in [-0.15, -0.1) is 0 Å². The van der Waals surface area contributed by atoms with Gasteiger partial charge in [-0.3, -0.25) is 24.3 Å². The molecule has 1 aromatic carbocycles. The Labute approximate surface area is 134 Å². The molecule has 1 N–H and O–H groups in total. The molecule has 0 radical (unpaired) electrons. The zero-order valence-electron chi connectivity index (χ0n) is 11.2. The number of rotatable bonds is 3. The molecule has 3 rings (SSSR count). The van der Waals surface area contributed by atoms with E-state index in [0.29, 0.717) is 5.69 Å². The van der Waals surface area contributed by atoms with E-state index in [4.69, 9.17) is 0 Å². The number of amides is 3. The number of hydrogen-bond donors (Lipinski definition) is 1. The van der Waals surface area contributed by atoms with Crippen LogP contribution in [-0.4, -0.2) is 34.2 Å². The van der Waals surface area contributed by atoms with Gasteiger partial charge in [-0.1, -0.05) is 15.9 Å². The predicted molar refractivity (Wildman–Crippen MR) is 82.4 cm³/mol. The van der Waals surface area contributed by atoms with Crippen LogP contribution >= 0.6 is 15.9 Å². The van der Waals surface area contributed by atoms with Crippen LogP contribution in [0.2, 0.25) is 0 Å². The topological polar surface area (TPSA) is 79.4 Å². The first-order valence-corrected chi connectivity index (χ1v) is 7.22. The third-order valence-electron chi connectivity index (χ3n) is 3.16. The molecule has 0 spiro atoms. The van der Waals surface area contributed by atoms with Gasteiger partial charge < -0.3 is 5.32 Å². The molecular weight excluding hydrogens is 350 g/mol. The number of fused-ring (bicyclic) bond motifs is 1. The van der Waals surface area contributed by atoms with Crippen LogP contribution < -0.4 is 5.32 Å². The maximum atomic E-state index is 12.1. The van der Waals surface area contributed by atoms with Gasteiger partial charge in [0.2, 0.25) is 5.91 Å². The molecule has 6 nitrogen and oxygen atoms in total. The van der Waals surface area contributed by atoms with E-state index in [1.807, 2.05) is 0 Å². The summed E-state index contributed by atoms with van der Waals surface area (Å²) < 4.78 is 0.886. The molecule has 2 aromatic rings. The molecule has 0 atom stereocenters. The molecule has 0 saturated heterocycles. The lowest BCUT2D eigenvalue weighted by Gasteiger charge is -2.13. The zero-order chi connectivity index (χ0) is 15.7. The number of benzene rings is 1. The van der Waals surface area contributed by atoms with Crippen molar-refractivity contribution in [3.63, 3.8) is 0 Å². The van der Waals surface area contributed by atoms with Crippen LogP contribution in [0.1, 0.15) is 20.8 Å². The van der Waals surface area contributed by atoms with Crippen LogP contribution in [-0.2, 0) is 4.79 Å². The average Bonchev–Trinajstić information content (AvgIpc) is 2.75. The minimum Gasteiger partial charge on any atom is -0.325 e. The van der Waals surface area contributed by atoms with E-state index in [1.165, 1.54) is 12.3 Å². The molecule has 0 aliphatic carbocycles. The van der Waals surface area contributed by atoms with Gasteiger partial charge in [-0.2, -0.15) is 0 Å². The molecule has 0 unspecified atom stereocenters. The summed E-state index contributed by atoms with van der Waals surface area (Å²) in [5.74, 6) is -1.50. The van der Waals surface area contributed by atoms with E-state index in [2.05, 4.69) is 26.2 Å².